The van der Waals surface area contributed by atoms with Gasteiger partial charge < -0.3 is 0 Å². The van der Waals surface area contributed by atoms with Crippen molar-refractivity contribution in [3.63, 3.8) is 0 Å². The van der Waals surface area contributed by atoms with Crippen molar-refractivity contribution in [3.05, 3.63) is 58.3 Å². The van der Waals surface area contributed by atoms with E-state index in [-0.39, 0.29) is 16.3 Å². The smallest absolute Gasteiger partial charge is 0.178 e. The van der Waals surface area contributed by atoms with Gasteiger partial charge in [-0.05, 0) is 27.9 Å². The third-order valence-electron chi connectivity index (χ3n) is 2.71. The Labute approximate surface area is 108 Å². The van der Waals surface area contributed by atoms with E-state index in [1.165, 1.54) is 6.33 Å². The highest BCUT2D eigenvalue weighted by atomic mass is 79.9. The molecule has 1 atom stereocenters. The van der Waals surface area contributed by atoms with Crippen LogP contribution in [0.3, 0.4) is 0 Å². The molecule has 0 aliphatic heterocycles. The third kappa shape index (κ3) is 2.52. The van der Waals surface area contributed by atoms with Crippen molar-refractivity contribution >= 4 is 15.9 Å². The van der Waals surface area contributed by atoms with Gasteiger partial charge in [0.05, 0.1) is 5.69 Å². The van der Waals surface area contributed by atoms with Crippen molar-refractivity contribution in [2.45, 2.75) is 19.3 Å². The number of rotatable bonds is 3. The third-order valence-corrected chi connectivity index (χ3v) is 3.27. The topological polar surface area (TPSA) is 25.8 Å². The maximum absolute atomic E-state index is 14.0. The molecule has 0 fully saturated rings. The summed E-state index contributed by atoms with van der Waals surface area (Å²) in [6, 6.07) is 9.83. The highest BCUT2D eigenvalue weighted by molar-refractivity contribution is 9.10. The van der Waals surface area contributed by atoms with Crippen molar-refractivity contribution in [1.82, 2.24) is 9.97 Å². The molecular formula is C13H12BrFN2. The maximum Gasteiger partial charge on any atom is 0.178 e. The van der Waals surface area contributed by atoms with Gasteiger partial charge in [-0.2, -0.15) is 0 Å². The van der Waals surface area contributed by atoms with E-state index in [1.807, 2.05) is 37.3 Å². The minimum Gasteiger partial charge on any atom is -0.238 e. The first-order valence-electron chi connectivity index (χ1n) is 5.44. The molecule has 1 heterocycles. The van der Waals surface area contributed by atoms with Crippen LogP contribution in [0, 0.1) is 5.82 Å². The Morgan fingerprint density at radius 2 is 1.94 bits per heavy atom. The molecule has 0 radical (unpaired) electrons. The van der Waals surface area contributed by atoms with E-state index in [0.29, 0.717) is 5.69 Å². The van der Waals surface area contributed by atoms with Crippen LogP contribution >= 0.6 is 15.9 Å². The van der Waals surface area contributed by atoms with E-state index in [9.17, 15) is 4.39 Å². The van der Waals surface area contributed by atoms with E-state index in [1.54, 1.807) is 0 Å². The summed E-state index contributed by atoms with van der Waals surface area (Å²) in [5, 5.41) is 0. The molecule has 1 unspecified atom stereocenters. The van der Waals surface area contributed by atoms with E-state index in [4.69, 9.17) is 0 Å². The summed E-state index contributed by atoms with van der Waals surface area (Å²) < 4.78 is 14.2. The average Bonchev–Trinajstić information content (AvgIpc) is 2.37. The zero-order valence-electron chi connectivity index (χ0n) is 9.40. The fourth-order valence-corrected chi connectivity index (χ4v) is 2.17. The van der Waals surface area contributed by atoms with Gasteiger partial charge in [0.25, 0.3) is 0 Å². The first-order chi connectivity index (χ1) is 8.24. The van der Waals surface area contributed by atoms with Crippen LogP contribution in [0.25, 0.3) is 0 Å². The van der Waals surface area contributed by atoms with Gasteiger partial charge in [-0.15, -0.1) is 0 Å². The Bertz CT molecular complexity index is 502. The summed E-state index contributed by atoms with van der Waals surface area (Å²) in [7, 11) is 0. The summed E-state index contributed by atoms with van der Waals surface area (Å²) in [4.78, 5) is 7.85. The number of aromatic nitrogens is 2. The molecule has 88 valence electrons. The quantitative estimate of drug-likeness (QED) is 0.802. The van der Waals surface area contributed by atoms with Crippen molar-refractivity contribution in [2.24, 2.45) is 0 Å². The minimum absolute atomic E-state index is 0.0319. The molecule has 17 heavy (non-hydrogen) atoms. The summed E-state index contributed by atoms with van der Waals surface area (Å²) in [5.74, 6) is -0.404. The van der Waals surface area contributed by atoms with Crippen LogP contribution in [0.5, 0.6) is 0 Å². The van der Waals surface area contributed by atoms with Crippen LogP contribution in [0.15, 0.2) is 41.3 Å². The second-order valence-corrected chi connectivity index (χ2v) is 4.49. The number of hydrogen-bond acceptors (Lipinski definition) is 2. The first kappa shape index (κ1) is 12.2. The summed E-state index contributed by atoms with van der Waals surface area (Å²) in [6.45, 7) is 2.02. The summed E-state index contributed by atoms with van der Waals surface area (Å²) in [6.07, 6.45) is 2.18. The van der Waals surface area contributed by atoms with E-state index in [0.717, 1.165) is 12.0 Å². The minimum atomic E-state index is -0.372. The molecule has 0 aliphatic rings. The van der Waals surface area contributed by atoms with Crippen LogP contribution in [0.1, 0.15) is 30.5 Å². The molecule has 1 aromatic heterocycles. The van der Waals surface area contributed by atoms with Crippen LogP contribution in [-0.2, 0) is 0 Å². The zero-order chi connectivity index (χ0) is 12.3. The lowest BCUT2D eigenvalue weighted by atomic mass is 9.93. The van der Waals surface area contributed by atoms with Crippen molar-refractivity contribution in [2.75, 3.05) is 0 Å². The Kier molecular flexibility index (Phi) is 3.84. The monoisotopic (exact) mass is 294 g/mol. The SMILES string of the molecule is CCC(c1ccccc1)c1ncnc(Br)c1F. The molecule has 2 nitrogen and oxygen atoms in total. The predicted octanol–water partition coefficient (Wildman–Crippen LogP) is 3.92. The molecule has 2 aromatic rings. The van der Waals surface area contributed by atoms with Crippen molar-refractivity contribution < 1.29 is 4.39 Å². The van der Waals surface area contributed by atoms with Gasteiger partial charge in [0.2, 0.25) is 0 Å². The Hall–Kier alpha value is -1.29. The second kappa shape index (κ2) is 5.36. The Balaban J connectivity index is 2.46. The van der Waals surface area contributed by atoms with E-state index < -0.39 is 0 Å². The lowest BCUT2D eigenvalue weighted by Crippen LogP contribution is -2.06. The molecule has 0 spiro atoms. The number of hydrogen-bond donors (Lipinski definition) is 0. The zero-order valence-corrected chi connectivity index (χ0v) is 11.0. The van der Waals surface area contributed by atoms with Gasteiger partial charge in [0.1, 0.15) is 10.9 Å². The number of halogens is 2. The summed E-state index contributed by atoms with van der Waals surface area (Å²) >= 11 is 3.09. The van der Waals surface area contributed by atoms with Gasteiger partial charge >= 0.3 is 0 Å². The van der Waals surface area contributed by atoms with Crippen LogP contribution in [0.2, 0.25) is 0 Å². The van der Waals surface area contributed by atoms with Gasteiger partial charge in [-0.1, -0.05) is 37.3 Å². The average molecular weight is 295 g/mol. The first-order valence-corrected chi connectivity index (χ1v) is 6.24. The maximum atomic E-state index is 14.0. The highest BCUT2D eigenvalue weighted by Gasteiger charge is 2.19. The standard InChI is InChI=1S/C13H12BrFN2/c1-2-10(9-6-4-3-5-7-9)12-11(15)13(14)17-8-16-12/h3-8,10H,2H2,1H3. The van der Waals surface area contributed by atoms with Crippen molar-refractivity contribution in [3.8, 4) is 0 Å². The Morgan fingerprint density at radius 1 is 1.24 bits per heavy atom. The van der Waals surface area contributed by atoms with Crippen LogP contribution in [-0.4, -0.2) is 9.97 Å². The van der Waals surface area contributed by atoms with E-state index in [2.05, 4.69) is 25.9 Å². The molecule has 1 aromatic carbocycles. The predicted molar refractivity (Wildman–Crippen MR) is 68.3 cm³/mol. The molecular weight excluding hydrogens is 283 g/mol. The molecule has 4 heteroatoms. The van der Waals surface area contributed by atoms with Gasteiger partial charge in [0.15, 0.2) is 5.82 Å². The fourth-order valence-electron chi connectivity index (χ4n) is 1.88. The molecule has 0 amide bonds. The van der Waals surface area contributed by atoms with Crippen LogP contribution in [0.4, 0.5) is 4.39 Å². The lowest BCUT2D eigenvalue weighted by Gasteiger charge is -2.15. The lowest BCUT2D eigenvalue weighted by molar-refractivity contribution is 0.562. The molecule has 0 aliphatic carbocycles. The van der Waals surface area contributed by atoms with E-state index >= 15 is 0 Å². The van der Waals surface area contributed by atoms with Gasteiger partial charge in [-0.25, -0.2) is 14.4 Å². The molecule has 0 saturated heterocycles. The second-order valence-electron chi connectivity index (χ2n) is 3.74. The molecule has 0 N–H and O–H groups in total. The molecule has 2 rings (SSSR count). The fraction of sp³-hybridized carbons (Fsp3) is 0.231. The van der Waals surface area contributed by atoms with Crippen LogP contribution < -0.4 is 0 Å². The van der Waals surface area contributed by atoms with Gasteiger partial charge in [-0.3, -0.25) is 0 Å². The summed E-state index contributed by atoms with van der Waals surface area (Å²) in [5.41, 5.74) is 1.51. The molecule has 0 bridgehead atoms. The number of benzene rings is 1. The van der Waals surface area contributed by atoms with Gasteiger partial charge in [0, 0.05) is 5.92 Å². The largest absolute Gasteiger partial charge is 0.238 e. The van der Waals surface area contributed by atoms with Crippen molar-refractivity contribution in [1.29, 1.82) is 0 Å². The highest BCUT2D eigenvalue weighted by Crippen LogP contribution is 2.29. The molecule has 0 saturated carbocycles. The normalized spacial score (nSPS) is 12.4. The Morgan fingerprint density at radius 3 is 2.59 bits per heavy atom. The number of nitrogens with zero attached hydrogens (tertiary/aromatic N) is 2.